The van der Waals surface area contributed by atoms with Gasteiger partial charge in [0.15, 0.2) is 0 Å². The Labute approximate surface area is 92.7 Å². The highest BCUT2D eigenvalue weighted by Crippen LogP contribution is 2.23. The zero-order chi connectivity index (χ0) is 11.0. The first kappa shape index (κ1) is 9.09. The Morgan fingerprint density at radius 1 is 1.19 bits per heavy atom. The van der Waals surface area contributed by atoms with Crippen LogP contribution in [-0.4, -0.2) is 17.1 Å². The highest BCUT2D eigenvalue weighted by atomic mass is 16.5. The molecule has 2 aromatic heterocycles. The van der Waals surface area contributed by atoms with Crippen molar-refractivity contribution in [2.75, 3.05) is 7.11 Å². The van der Waals surface area contributed by atoms with Gasteiger partial charge in [0, 0.05) is 23.0 Å². The van der Waals surface area contributed by atoms with E-state index in [0.29, 0.717) is 5.88 Å². The van der Waals surface area contributed by atoms with E-state index in [1.165, 1.54) is 0 Å². The molecule has 0 unspecified atom stereocenters. The van der Waals surface area contributed by atoms with E-state index in [-0.39, 0.29) is 0 Å². The third-order valence-electron chi connectivity index (χ3n) is 2.53. The summed E-state index contributed by atoms with van der Waals surface area (Å²) in [6.45, 7) is 0. The summed E-state index contributed by atoms with van der Waals surface area (Å²) < 4.78 is 5.12. The van der Waals surface area contributed by atoms with E-state index in [0.717, 1.165) is 21.8 Å². The second kappa shape index (κ2) is 3.45. The fourth-order valence-electron chi connectivity index (χ4n) is 1.74. The lowest BCUT2D eigenvalue weighted by Crippen LogP contribution is -1.89. The number of fused-ring (bicyclic) bond motifs is 3. The Morgan fingerprint density at radius 3 is 3.00 bits per heavy atom. The number of benzene rings is 1. The molecule has 1 radical (unpaired) electrons. The smallest absolute Gasteiger partial charge is 0.213 e. The summed E-state index contributed by atoms with van der Waals surface area (Å²) >= 11 is 0. The fraction of sp³-hybridized carbons (Fsp3) is 0.0769. The van der Waals surface area contributed by atoms with Gasteiger partial charge >= 0.3 is 0 Å². The highest BCUT2D eigenvalue weighted by molar-refractivity contribution is 6.02. The molecule has 0 fully saturated rings. The summed E-state index contributed by atoms with van der Waals surface area (Å²) in [5.41, 5.74) is 1.72. The SMILES string of the molecule is COc1ccc2[c]cc3cccnc3c2n1. The van der Waals surface area contributed by atoms with Crippen molar-refractivity contribution in [3.8, 4) is 5.88 Å². The van der Waals surface area contributed by atoms with Crippen LogP contribution in [0.1, 0.15) is 0 Å². The van der Waals surface area contributed by atoms with Crippen LogP contribution in [0.3, 0.4) is 0 Å². The minimum absolute atomic E-state index is 0.596. The van der Waals surface area contributed by atoms with Gasteiger partial charge in [0.1, 0.15) is 5.52 Å². The molecular formula is C13H9N2O. The molecule has 16 heavy (non-hydrogen) atoms. The van der Waals surface area contributed by atoms with E-state index in [1.807, 2.05) is 30.3 Å². The Bertz CT molecular complexity index is 664. The first-order chi connectivity index (χ1) is 7.88. The van der Waals surface area contributed by atoms with Crippen LogP contribution in [0.25, 0.3) is 21.8 Å². The third kappa shape index (κ3) is 1.29. The van der Waals surface area contributed by atoms with E-state index >= 15 is 0 Å². The third-order valence-corrected chi connectivity index (χ3v) is 2.53. The highest BCUT2D eigenvalue weighted by Gasteiger charge is 2.04. The Morgan fingerprint density at radius 2 is 2.12 bits per heavy atom. The molecule has 3 aromatic rings. The van der Waals surface area contributed by atoms with Crippen LogP contribution < -0.4 is 4.74 Å². The van der Waals surface area contributed by atoms with Crippen LogP contribution in [0, 0.1) is 6.07 Å². The van der Waals surface area contributed by atoms with E-state index in [9.17, 15) is 0 Å². The zero-order valence-corrected chi connectivity index (χ0v) is 8.77. The lowest BCUT2D eigenvalue weighted by Gasteiger charge is -2.03. The molecule has 0 N–H and O–H groups in total. The predicted molar refractivity (Wildman–Crippen MR) is 62.4 cm³/mol. The molecule has 0 atom stereocenters. The van der Waals surface area contributed by atoms with Crippen molar-refractivity contribution >= 4 is 21.8 Å². The minimum Gasteiger partial charge on any atom is -0.481 e. The Kier molecular flexibility index (Phi) is 1.96. The Hall–Kier alpha value is -2.16. The first-order valence-corrected chi connectivity index (χ1v) is 4.98. The molecule has 0 aliphatic heterocycles. The molecule has 0 spiro atoms. The molecule has 0 aliphatic rings. The van der Waals surface area contributed by atoms with E-state index in [2.05, 4.69) is 16.0 Å². The maximum Gasteiger partial charge on any atom is 0.213 e. The van der Waals surface area contributed by atoms with Crippen LogP contribution in [0.15, 0.2) is 36.5 Å². The van der Waals surface area contributed by atoms with Crippen LogP contribution in [0.2, 0.25) is 0 Å². The quantitative estimate of drug-likeness (QED) is 0.578. The minimum atomic E-state index is 0.596. The van der Waals surface area contributed by atoms with Gasteiger partial charge in [0.05, 0.1) is 12.6 Å². The molecule has 0 aliphatic carbocycles. The number of aromatic nitrogens is 2. The molecule has 3 nitrogen and oxygen atoms in total. The fourth-order valence-corrected chi connectivity index (χ4v) is 1.74. The summed E-state index contributed by atoms with van der Waals surface area (Å²) in [6, 6.07) is 12.8. The molecule has 2 heterocycles. The van der Waals surface area contributed by atoms with Crippen LogP contribution in [0.5, 0.6) is 5.88 Å². The number of methoxy groups -OCH3 is 1. The van der Waals surface area contributed by atoms with Gasteiger partial charge in [-0.05, 0) is 24.3 Å². The van der Waals surface area contributed by atoms with Crippen molar-refractivity contribution in [3.63, 3.8) is 0 Å². The van der Waals surface area contributed by atoms with Crippen molar-refractivity contribution in [1.29, 1.82) is 0 Å². The maximum atomic E-state index is 5.12. The van der Waals surface area contributed by atoms with Gasteiger partial charge in [-0.3, -0.25) is 4.98 Å². The molecule has 0 saturated carbocycles. The standard InChI is InChI=1S/C13H9N2O/c1-16-11-7-6-10-5-4-9-3-2-8-14-12(9)13(10)15-11/h2-4,6-8H,1H3. The van der Waals surface area contributed by atoms with Gasteiger partial charge in [-0.25, -0.2) is 4.98 Å². The van der Waals surface area contributed by atoms with Crippen LogP contribution in [0.4, 0.5) is 0 Å². The Balaban J connectivity index is 2.47. The number of hydrogen-bond donors (Lipinski definition) is 0. The van der Waals surface area contributed by atoms with Crippen molar-refractivity contribution in [3.05, 3.63) is 42.6 Å². The van der Waals surface area contributed by atoms with Gasteiger partial charge in [0.25, 0.3) is 0 Å². The molecular weight excluding hydrogens is 200 g/mol. The lowest BCUT2D eigenvalue weighted by atomic mass is 10.1. The average molecular weight is 209 g/mol. The van der Waals surface area contributed by atoms with Gasteiger partial charge in [0.2, 0.25) is 5.88 Å². The summed E-state index contributed by atoms with van der Waals surface area (Å²) in [5.74, 6) is 0.596. The van der Waals surface area contributed by atoms with Crippen molar-refractivity contribution in [2.24, 2.45) is 0 Å². The predicted octanol–water partition coefficient (Wildman–Crippen LogP) is 2.59. The van der Waals surface area contributed by atoms with Crippen LogP contribution >= 0.6 is 0 Å². The normalized spacial score (nSPS) is 10.8. The van der Waals surface area contributed by atoms with Gasteiger partial charge < -0.3 is 4.74 Å². The first-order valence-electron chi connectivity index (χ1n) is 4.98. The molecule has 0 amide bonds. The van der Waals surface area contributed by atoms with Gasteiger partial charge in [-0.2, -0.15) is 0 Å². The van der Waals surface area contributed by atoms with Crippen molar-refractivity contribution < 1.29 is 4.74 Å². The molecule has 0 saturated heterocycles. The van der Waals surface area contributed by atoms with Crippen molar-refractivity contribution in [2.45, 2.75) is 0 Å². The lowest BCUT2D eigenvalue weighted by molar-refractivity contribution is 0.399. The summed E-state index contributed by atoms with van der Waals surface area (Å²) in [7, 11) is 1.61. The van der Waals surface area contributed by atoms with Gasteiger partial charge in [-0.15, -0.1) is 0 Å². The number of pyridine rings is 2. The second-order valence-corrected chi connectivity index (χ2v) is 3.48. The average Bonchev–Trinajstić information content (AvgIpc) is 2.38. The van der Waals surface area contributed by atoms with E-state index in [1.54, 1.807) is 13.3 Å². The summed E-state index contributed by atoms with van der Waals surface area (Å²) in [5, 5.41) is 1.99. The number of ether oxygens (including phenoxy) is 1. The maximum absolute atomic E-state index is 5.12. The molecule has 3 heteroatoms. The number of hydrogen-bond acceptors (Lipinski definition) is 3. The molecule has 0 bridgehead atoms. The number of nitrogens with zero attached hydrogens (tertiary/aromatic N) is 2. The number of rotatable bonds is 1. The van der Waals surface area contributed by atoms with E-state index < -0.39 is 0 Å². The summed E-state index contributed by atoms with van der Waals surface area (Å²) in [6.07, 6.45) is 1.77. The largest absolute Gasteiger partial charge is 0.481 e. The second-order valence-electron chi connectivity index (χ2n) is 3.48. The molecule has 1 aromatic carbocycles. The van der Waals surface area contributed by atoms with Crippen LogP contribution in [-0.2, 0) is 0 Å². The van der Waals surface area contributed by atoms with Crippen molar-refractivity contribution in [1.82, 2.24) is 9.97 Å². The summed E-state index contributed by atoms with van der Waals surface area (Å²) in [4.78, 5) is 8.75. The molecule has 3 rings (SSSR count). The zero-order valence-electron chi connectivity index (χ0n) is 8.77. The monoisotopic (exact) mass is 209 g/mol. The van der Waals surface area contributed by atoms with Gasteiger partial charge in [-0.1, -0.05) is 6.07 Å². The topological polar surface area (TPSA) is 35.0 Å². The molecule has 77 valence electrons. The van der Waals surface area contributed by atoms with E-state index in [4.69, 9.17) is 4.74 Å².